The zero-order valence-corrected chi connectivity index (χ0v) is 19.9. The van der Waals surface area contributed by atoms with E-state index < -0.39 is 5.97 Å². The third-order valence-corrected chi connectivity index (χ3v) is 5.30. The monoisotopic (exact) mass is 478 g/mol. The second kappa shape index (κ2) is 12.2. The minimum Gasteiger partial charge on any atom is -0.489 e. The fourth-order valence-electron chi connectivity index (χ4n) is 3.54. The van der Waals surface area contributed by atoms with Crippen molar-refractivity contribution in [3.8, 4) is 17.2 Å². The molecule has 4 rings (SSSR count). The summed E-state index contributed by atoms with van der Waals surface area (Å²) < 4.78 is 17.6. The van der Waals surface area contributed by atoms with Crippen LogP contribution in [0, 0.1) is 0 Å². The topological polar surface area (TPSA) is 61.8 Å². The maximum absolute atomic E-state index is 12.6. The van der Waals surface area contributed by atoms with Crippen LogP contribution in [-0.4, -0.2) is 11.8 Å². The predicted octanol–water partition coefficient (Wildman–Crippen LogP) is 6.67. The summed E-state index contributed by atoms with van der Waals surface area (Å²) in [6, 6.07) is 31.9. The van der Waals surface area contributed by atoms with Gasteiger partial charge in [0.15, 0.2) is 5.78 Å². The summed E-state index contributed by atoms with van der Waals surface area (Å²) >= 11 is 0. The van der Waals surface area contributed by atoms with Crippen molar-refractivity contribution in [2.24, 2.45) is 0 Å². The highest BCUT2D eigenvalue weighted by Gasteiger charge is 2.20. The summed E-state index contributed by atoms with van der Waals surface area (Å²) in [6.45, 7) is 1.95. The van der Waals surface area contributed by atoms with Gasteiger partial charge in [-0.3, -0.25) is 4.79 Å². The Labute approximate surface area is 210 Å². The van der Waals surface area contributed by atoms with Gasteiger partial charge in [-0.25, -0.2) is 4.79 Å². The molecule has 0 radical (unpaired) electrons. The molecule has 0 saturated heterocycles. The van der Waals surface area contributed by atoms with Crippen molar-refractivity contribution in [1.29, 1.82) is 0 Å². The van der Waals surface area contributed by atoms with Gasteiger partial charge < -0.3 is 14.2 Å². The zero-order chi connectivity index (χ0) is 25.2. The zero-order valence-electron chi connectivity index (χ0n) is 19.9. The van der Waals surface area contributed by atoms with Gasteiger partial charge >= 0.3 is 5.97 Å². The lowest BCUT2D eigenvalue weighted by molar-refractivity contribution is -0.128. The molecule has 5 heteroatoms. The van der Waals surface area contributed by atoms with Crippen molar-refractivity contribution >= 4 is 17.8 Å². The highest BCUT2D eigenvalue weighted by molar-refractivity contribution is 6.01. The highest BCUT2D eigenvalue weighted by Crippen LogP contribution is 2.36. The van der Waals surface area contributed by atoms with Gasteiger partial charge in [0.05, 0.1) is 0 Å². The lowest BCUT2D eigenvalue weighted by Gasteiger charge is -2.16. The number of ketones is 1. The molecule has 0 aromatic heterocycles. The Balaban J connectivity index is 1.62. The number of hydrogen-bond donors (Lipinski definition) is 0. The average molecular weight is 479 g/mol. The Morgan fingerprint density at radius 2 is 1.22 bits per heavy atom. The minimum absolute atomic E-state index is 0.0823. The molecular weight excluding hydrogens is 452 g/mol. The van der Waals surface area contributed by atoms with Gasteiger partial charge in [0.2, 0.25) is 0 Å². The van der Waals surface area contributed by atoms with E-state index in [1.54, 1.807) is 18.2 Å². The van der Waals surface area contributed by atoms with E-state index in [1.165, 1.54) is 13.0 Å². The molecule has 0 aliphatic rings. The van der Waals surface area contributed by atoms with Crippen molar-refractivity contribution in [2.75, 3.05) is 0 Å². The van der Waals surface area contributed by atoms with E-state index in [2.05, 4.69) is 0 Å². The largest absolute Gasteiger partial charge is 0.489 e. The predicted molar refractivity (Wildman–Crippen MR) is 139 cm³/mol. The molecule has 0 spiro atoms. The summed E-state index contributed by atoms with van der Waals surface area (Å²) in [6.07, 6.45) is 2.97. The van der Waals surface area contributed by atoms with E-state index in [9.17, 15) is 9.59 Å². The van der Waals surface area contributed by atoms with Crippen molar-refractivity contribution < 1.29 is 23.8 Å². The van der Waals surface area contributed by atoms with Crippen molar-refractivity contribution in [2.45, 2.75) is 20.1 Å². The average Bonchev–Trinajstić information content (AvgIpc) is 2.91. The lowest BCUT2D eigenvalue weighted by Crippen LogP contribution is -2.10. The molecule has 0 amide bonds. The smallest absolute Gasteiger partial charge is 0.336 e. The summed E-state index contributed by atoms with van der Waals surface area (Å²) in [7, 11) is 0. The summed E-state index contributed by atoms with van der Waals surface area (Å²) in [4.78, 5) is 25.3. The number of benzene rings is 4. The van der Waals surface area contributed by atoms with Crippen molar-refractivity contribution in [3.05, 3.63) is 131 Å². The number of rotatable bonds is 10. The van der Waals surface area contributed by atoms with E-state index in [4.69, 9.17) is 14.2 Å². The number of ether oxygens (including phenoxy) is 3. The standard InChI is InChI=1S/C31H26O5/c1-23(32)31-28(35-22-26-15-9-4-10-16-26)19-27(34-21-25-13-7-3-8-14-25)20-29(31)36-30(33)18-17-24-11-5-2-6-12-24/h2-20H,21-22H2,1H3/b18-17+. The van der Waals surface area contributed by atoms with E-state index in [0.29, 0.717) is 12.4 Å². The molecule has 4 aromatic carbocycles. The molecule has 0 aliphatic heterocycles. The minimum atomic E-state index is -0.615. The third-order valence-electron chi connectivity index (χ3n) is 5.30. The molecule has 0 saturated carbocycles. The molecular formula is C31H26O5. The molecule has 180 valence electrons. The van der Waals surface area contributed by atoms with E-state index in [1.807, 2.05) is 91.0 Å². The maximum atomic E-state index is 12.6. The SMILES string of the molecule is CC(=O)c1c(OCc2ccccc2)cc(OCc2ccccc2)cc1OC(=O)/C=C/c1ccccc1. The Kier molecular flexibility index (Phi) is 8.28. The molecule has 0 atom stereocenters. The van der Waals surface area contributed by atoms with Gasteiger partial charge in [-0.1, -0.05) is 91.0 Å². The van der Waals surface area contributed by atoms with Crippen LogP contribution in [0.4, 0.5) is 0 Å². The molecule has 0 aliphatic carbocycles. The van der Waals surface area contributed by atoms with Crippen LogP contribution < -0.4 is 14.2 Å². The molecule has 0 unspecified atom stereocenters. The van der Waals surface area contributed by atoms with Crippen LogP contribution in [0.15, 0.2) is 109 Å². The first kappa shape index (κ1) is 24.5. The van der Waals surface area contributed by atoms with Gasteiger partial charge in [0, 0.05) is 18.2 Å². The fraction of sp³-hybridized carbons (Fsp3) is 0.0968. The van der Waals surface area contributed by atoms with Crippen LogP contribution >= 0.6 is 0 Å². The fourth-order valence-corrected chi connectivity index (χ4v) is 3.54. The van der Waals surface area contributed by atoms with Gasteiger partial charge in [0.25, 0.3) is 0 Å². The molecule has 0 heterocycles. The first-order chi connectivity index (χ1) is 17.6. The number of carbonyl (C=O) groups is 2. The molecule has 4 aromatic rings. The highest BCUT2D eigenvalue weighted by atomic mass is 16.5. The number of hydrogen-bond acceptors (Lipinski definition) is 5. The molecule has 36 heavy (non-hydrogen) atoms. The number of esters is 1. The third kappa shape index (κ3) is 6.93. The number of carbonyl (C=O) groups excluding carboxylic acids is 2. The molecule has 0 fully saturated rings. The Morgan fingerprint density at radius 1 is 0.694 bits per heavy atom. The molecule has 5 nitrogen and oxygen atoms in total. The Morgan fingerprint density at radius 3 is 1.81 bits per heavy atom. The van der Waals surface area contributed by atoms with Gasteiger partial charge in [0.1, 0.15) is 36.0 Å². The first-order valence-corrected chi connectivity index (χ1v) is 11.6. The van der Waals surface area contributed by atoms with Crippen LogP contribution in [0.25, 0.3) is 6.08 Å². The quantitative estimate of drug-likeness (QED) is 0.110. The summed E-state index contributed by atoms with van der Waals surface area (Å²) in [5.74, 6) is -0.120. The first-order valence-electron chi connectivity index (χ1n) is 11.6. The van der Waals surface area contributed by atoms with Crippen LogP contribution in [0.1, 0.15) is 34.0 Å². The Hall–Kier alpha value is -4.64. The van der Waals surface area contributed by atoms with Crippen LogP contribution in [0.3, 0.4) is 0 Å². The summed E-state index contributed by atoms with van der Waals surface area (Å²) in [5.41, 5.74) is 2.95. The second-order valence-electron chi connectivity index (χ2n) is 8.06. The van der Waals surface area contributed by atoms with E-state index in [-0.39, 0.29) is 29.5 Å². The van der Waals surface area contributed by atoms with Crippen LogP contribution in [0.5, 0.6) is 17.2 Å². The van der Waals surface area contributed by atoms with Crippen molar-refractivity contribution in [1.82, 2.24) is 0 Å². The second-order valence-corrected chi connectivity index (χ2v) is 8.06. The van der Waals surface area contributed by atoms with Gasteiger partial charge in [-0.2, -0.15) is 0 Å². The molecule has 0 N–H and O–H groups in total. The Bertz CT molecular complexity index is 1330. The van der Waals surface area contributed by atoms with E-state index >= 15 is 0 Å². The normalized spacial score (nSPS) is 10.7. The maximum Gasteiger partial charge on any atom is 0.336 e. The van der Waals surface area contributed by atoms with E-state index in [0.717, 1.165) is 16.7 Å². The summed E-state index contributed by atoms with van der Waals surface area (Å²) in [5, 5.41) is 0. The lowest BCUT2D eigenvalue weighted by atomic mass is 10.1. The number of Topliss-reactive ketones (excluding diaryl/α,β-unsaturated/α-hetero) is 1. The van der Waals surface area contributed by atoms with Crippen LogP contribution in [0.2, 0.25) is 0 Å². The molecule has 0 bridgehead atoms. The van der Waals surface area contributed by atoms with Gasteiger partial charge in [-0.05, 0) is 29.7 Å². The van der Waals surface area contributed by atoms with Crippen LogP contribution in [-0.2, 0) is 18.0 Å². The van der Waals surface area contributed by atoms with Crippen molar-refractivity contribution in [3.63, 3.8) is 0 Å². The van der Waals surface area contributed by atoms with Gasteiger partial charge in [-0.15, -0.1) is 0 Å².